The van der Waals surface area contributed by atoms with Crippen molar-refractivity contribution < 1.29 is 18.0 Å². The van der Waals surface area contributed by atoms with Crippen LogP contribution in [0.2, 0.25) is 0 Å². The van der Waals surface area contributed by atoms with Crippen LogP contribution < -0.4 is 10.0 Å². The Morgan fingerprint density at radius 3 is 2.04 bits per heavy atom. The van der Waals surface area contributed by atoms with Gasteiger partial charge in [-0.3, -0.25) is 14.9 Å². The maximum absolute atomic E-state index is 12.3. The van der Waals surface area contributed by atoms with E-state index in [9.17, 15) is 18.0 Å². The molecule has 0 aromatic heterocycles. The van der Waals surface area contributed by atoms with Crippen LogP contribution in [0.15, 0.2) is 60.7 Å². The van der Waals surface area contributed by atoms with E-state index in [1.54, 1.807) is 54.6 Å². The van der Waals surface area contributed by atoms with E-state index in [1.165, 1.54) is 0 Å². The Bertz CT molecular complexity index is 777. The molecule has 2 rings (SSSR count). The van der Waals surface area contributed by atoms with Gasteiger partial charge in [0.25, 0.3) is 0 Å². The molecule has 2 aromatic carbocycles. The average Bonchev–Trinajstić information content (AvgIpc) is 2.55. The minimum absolute atomic E-state index is 0.147. The second-order valence-corrected chi connectivity index (χ2v) is 6.99. The molecule has 24 heavy (non-hydrogen) atoms. The number of hydrogen-bond donors (Lipinski definition) is 2. The third-order valence-corrected chi connectivity index (χ3v) is 4.68. The molecule has 7 heteroatoms. The fourth-order valence-electron chi connectivity index (χ4n) is 2.25. The average molecular weight is 346 g/mol. The third kappa shape index (κ3) is 5.60. The standard InChI is InChI=1S/C17H18N2O4S/c20-13-18-17(21)16(11-14-7-3-1-4-8-14)19-24(22,23)12-15-9-5-2-6-10-15/h1-10,13,16,19H,11-12H2,(H,18,20,21)/t16-/m0/s1. The van der Waals surface area contributed by atoms with Gasteiger partial charge in [0.15, 0.2) is 0 Å². The molecule has 0 bridgehead atoms. The van der Waals surface area contributed by atoms with E-state index in [2.05, 4.69) is 4.72 Å². The highest BCUT2D eigenvalue weighted by atomic mass is 32.2. The van der Waals surface area contributed by atoms with Gasteiger partial charge < -0.3 is 0 Å². The zero-order valence-electron chi connectivity index (χ0n) is 12.9. The van der Waals surface area contributed by atoms with Crippen LogP contribution in [-0.2, 0) is 31.8 Å². The van der Waals surface area contributed by atoms with Crippen molar-refractivity contribution in [2.45, 2.75) is 18.2 Å². The Morgan fingerprint density at radius 2 is 1.50 bits per heavy atom. The molecule has 1 atom stereocenters. The summed E-state index contributed by atoms with van der Waals surface area (Å²) in [4.78, 5) is 22.5. The molecule has 2 N–H and O–H groups in total. The van der Waals surface area contributed by atoms with E-state index in [-0.39, 0.29) is 18.6 Å². The Labute approximate surface area is 140 Å². The molecule has 0 aliphatic heterocycles. The minimum atomic E-state index is -3.74. The number of carbonyl (C=O) groups is 2. The van der Waals surface area contributed by atoms with Crippen molar-refractivity contribution in [1.29, 1.82) is 0 Å². The van der Waals surface area contributed by atoms with Gasteiger partial charge in [-0.2, -0.15) is 0 Å². The molecule has 0 saturated heterocycles. The summed E-state index contributed by atoms with van der Waals surface area (Å²) < 4.78 is 27.0. The third-order valence-electron chi connectivity index (χ3n) is 3.32. The first-order valence-corrected chi connectivity index (χ1v) is 8.97. The van der Waals surface area contributed by atoms with Crippen molar-refractivity contribution in [3.05, 3.63) is 71.8 Å². The molecule has 0 saturated carbocycles. The SMILES string of the molecule is O=CNC(=O)[C@H](Cc1ccccc1)NS(=O)(=O)Cc1ccccc1. The number of sulfonamides is 1. The maximum Gasteiger partial charge on any atom is 0.244 e. The molecule has 0 radical (unpaired) electrons. The van der Waals surface area contributed by atoms with Crippen LogP contribution in [0.3, 0.4) is 0 Å². The van der Waals surface area contributed by atoms with Gasteiger partial charge in [0.05, 0.1) is 5.75 Å². The zero-order valence-corrected chi connectivity index (χ0v) is 13.7. The van der Waals surface area contributed by atoms with E-state index in [0.717, 1.165) is 5.56 Å². The second-order valence-electron chi connectivity index (χ2n) is 5.23. The topological polar surface area (TPSA) is 92.3 Å². The number of rotatable bonds is 8. The van der Waals surface area contributed by atoms with Crippen molar-refractivity contribution in [2.75, 3.05) is 0 Å². The van der Waals surface area contributed by atoms with Crippen molar-refractivity contribution in [3.8, 4) is 0 Å². The Hall–Kier alpha value is -2.51. The predicted molar refractivity (Wildman–Crippen MR) is 90.3 cm³/mol. The molecule has 0 fully saturated rings. The second kappa shape index (κ2) is 8.37. The van der Waals surface area contributed by atoms with E-state index in [4.69, 9.17) is 0 Å². The molecule has 2 aromatic rings. The van der Waals surface area contributed by atoms with Crippen LogP contribution >= 0.6 is 0 Å². The van der Waals surface area contributed by atoms with Crippen molar-refractivity contribution in [2.24, 2.45) is 0 Å². The Kier molecular flexibility index (Phi) is 6.22. The summed E-state index contributed by atoms with van der Waals surface area (Å²) in [5, 5.41) is 2.01. The largest absolute Gasteiger partial charge is 0.298 e. The van der Waals surface area contributed by atoms with Gasteiger partial charge in [-0.05, 0) is 17.5 Å². The smallest absolute Gasteiger partial charge is 0.244 e. The fourth-order valence-corrected chi connectivity index (χ4v) is 3.59. The van der Waals surface area contributed by atoms with Gasteiger partial charge in [0, 0.05) is 0 Å². The van der Waals surface area contributed by atoms with Gasteiger partial charge in [0.2, 0.25) is 22.3 Å². The Balaban J connectivity index is 2.14. The first-order valence-electron chi connectivity index (χ1n) is 7.32. The summed E-state index contributed by atoms with van der Waals surface area (Å²) >= 11 is 0. The number of amides is 2. The van der Waals surface area contributed by atoms with Crippen LogP contribution in [0.25, 0.3) is 0 Å². The summed E-state index contributed by atoms with van der Waals surface area (Å²) in [5.41, 5.74) is 1.39. The number of benzene rings is 2. The highest BCUT2D eigenvalue weighted by molar-refractivity contribution is 7.88. The lowest BCUT2D eigenvalue weighted by Crippen LogP contribution is -2.47. The van der Waals surface area contributed by atoms with E-state index in [1.807, 2.05) is 11.4 Å². The van der Waals surface area contributed by atoms with Crippen molar-refractivity contribution in [3.63, 3.8) is 0 Å². The van der Waals surface area contributed by atoms with Gasteiger partial charge in [-0.25, -0.2) is 13.1 Å². The summed E-state index contributed by atoms with van der Waals surface area (Å²) in [6, 6.07) is 16.6. The van der Waals surface area contributed by atoms with Crippen LogP contribution in [0, 0.1) is 0 Å². The van der Waals surface area contributed by atoms with E-state index >= 15 is 0 Å². The molecule has 0 aliphatic rings. The molecule has 0 aliphatic carbocycles. The molecule has 2 amide bonds. The van der Waals surface area contributed by atoms with E-state index in [0.29, 0.717) is 5.56 Å². The molecular formula is C17H18N2O4S. The lowest BCUT2D eigenvalue weighted by atomic mass is 10.1. The number of hydrogen-bond acceptors (Lipinski definition) is 4. The van der Waals surface area contributed by atoms with Gasteiger partial charge in [0.1, 0.15) is 6.04 Å². The number of imide groups is 1. The summed E-state index contributed by atoms with van der Waals surface area (Å²) in [7, 11) is -3.74. The first kappa shape index (κ1) is 17.8. The monoisotopic (exact) mass is 346 g/mol. The lowest BCUT2D eigenvalue weighted by Gasteiger charge is -2.17. The predicted octanol–water partition coefficient (Wildman–Crippen LogP) is 0.990. The van der Waals surface area contributed by atoms with Gasteiger partial charge >= 0.3 is 0 Å². The highest BCUT2D eigenvalue weighted by Gasteiger charge is 2.24. The summed E-state index contributed by atoms with van der Waals surface area (Å²) in [6.45, 7) is 0. The lowest BCUT2D eigenvalue weighted by molar-refractivity contribution is -0.126. The molecule has 126 valence electrons. The van der Waals surface area contributed by atoms with Crippen LogP contribution in [0.1, 0.15) is 11.1 Å². The zero-order chi connectivity index (χ0) is 17.4. The van der Waals surface area contributed by atoms with E-state index < -0.39 is 22.0 Å². The fraction of sp³-hybridized carbons (Fsp3) is 0.176. The number of carbonyl (C=O) groups excluding carboxylic acids is 2. The molecule has 0 heterocycles. The molecule has 6 nitrogen and oxygen atoms in total. The quantitative estimate of drug-likeness (QED) is 0.697. The molecule has 0 spiro atoms. The molecule has 0 unspecified atom stereocenters. The van der Waals surface area contributed by atoms with Gasteiger partial charge in [-0.15, -0.1) is 0 Å². The molecular weight excluding hydrogens is 328 g/mol. The maximum atomic E-state index is 12.3. The summed E-state index contributed by atoms with van der Waals surface area (Å²) in [6.07, 6.45) is 0.389. The van der Waals surface area contributed by atoms with Gasteiger partial charge in [-0.1, -0.05) is 60.7 Å². The van der Waals surface area contributed by atoms with Crippen LogP contribution in [-0.4, -0.2) is 26.8 Å². The van der Waals surface area contributed by atoms with Crippen molar-refractivity contribution in [1.82, 2.24) is 10.0 Å². The Morgan fingerprint density at radius 1 is 0.958 bits per heavy atom. The first-order chi connectivity index (χ1) is 11.5. The minimum Gasteiger partial charge on any atom is -0.298 e. The summed E-state index contributed by atoms with van der Waals surface area (Å²) in [5.74, 6) is -0.932. The van der Waals surface area contributed by atoms with Crippen LogP contribution in [0.4, 0.5) is 0 Å². The van der Waals surface area contributed by atoms with Crippen LogP contribution in [0.5, 0.6) is 0 Å². The van der Waals surface area contributed by atoms with Crippen molar-refractivity contribution >= 4 is 22.3 Å². The highest BCUT2D eigenvalue weighted by Crippen LogP contribution is 2.08. The number of nitrogens with one attached hydrogen (secondary N) is 2. The normalized spacial score (nSPS) is 12.3.